The van der Waals surface area contributed by atoms with E-state index in [4.69, 9.17) is 5.11 Å². The molecule has 0 aliphatic rings. The van der Waals surface area contributed by atoms with Crippen molar-refractivity contribution in [1.29, 1.82) is 0 Å². The number of hydrogen-bond acceptors (Lipinski definition) is 6. The maximum atomic E-state index is 12.0. The molecule has 0 fully saturated rings. The van der Waals surface area contributed by atoms with Crippen molar-refractivity contribution < 1.29 is 23.2 Å². The van der Waals surface area contributed by atoms with Crippen molar-refractivity contribution in [2.75, 3.05) is 20.6 Å². The molecule has 0 aliphatic heterocycles. The lowest BCUT2D eigenvalue weighted by Gasteiger charge is -2.18. The summed E-state index contributed by atoms with van der Waals surface area (Å²) < 4.78 is 26.1. The van der Waals surface area contributed by atoms with Crippen LogP contribution in [0.25, 0.3) is 0 Å². The highest BCUT2D eigenvalue weighted by Gasteiger charge is 2.26. The van der Waals surface area contributed by atoms with Gasteiger partial charge in [0.1, 0.15) is 6.04 Å². The standard InChI is InChI=1S/C11H15N3O6S/c1-13(2)7-10(11(15)16)12-21(19,20)9-5-3-8(4-6-9)14(17)18/h3-6,10,12H,7H2,1-2H3,(H,15,16)/t10-/m0/s1. The van der Waals surface area contributed by atoms with Gasteiger partial charge in [-0.05, 0) is 26.2 Å². The van der Waals surface area contributed by atoms with Crippen molar-refractivity contribution in [1.82, 2.24) is 9.62 Å². The smallest absolute Gasteiger partial charge is 0.323 e. The Hall–Kier alpha value is -2.04. The maximum Gasteiger partial charge on any atom is 0.323 e. The van der Waals surface area contributed by atoms with Crippen molar-refractivity contribution in [2.24, 2.45) is 0 Å². The van der Waals surface area contributed by atoms with Crippen LogP contribution in [0, 0.1) is 10.1 Å². The van der Waals surface area contributed by atoms with E-state index in [1.165, 1.54) is 4.90 Å². The Bertz CT molecular complexity index is 626. The summed E-state index contributed by atoms with van der Waals surface area (Å²) in [5, 5.41) is 19.5. The molecule has 0 spiro atoms. The first-order valence-corrected chi connectivity index (χ1v) is 7.26. The normalized spacial score (nSPS) is 13.1. The first kappa shape index (κ1) is 17.0. The molecule has 0 saturated heterocycles. The van der Waals surface area contributed by atoms with E-state index in [1.54, 1.807) is 14.1 Å². The second-order valence-electron chi connectivity index (χ2n) is 4.53. The average molecular weight is 317 g/mol. The Morgan fingerprint density at radius 3 is 2.29 bits per heavy atom. The van der Waals surface area contributed by atoms with Gasteiger partial charge in [0.2, 0.25) is 10.0 Å². The fraction of sp³-hybridized carbons (Fsp3) is 0.364. The van der Waals surface area contributed by atoms with Gasteiger partial charge in [0.05, 0.1) is 9.82 Å². The number of nitrogens with one attached hydrogen (secondary N) is 1. The number of hydrogen-bond donors (Lipinski definition) is 2. The van der Waals surface area contributed by atoms with E-state index in [1.807, 2.05) is 0 Å². The number of nitro groups is 1. The topological polar surface area (TPSA) is 130 Å². The summed E-state index contributed by atoms with van der Waals surface area (Å²) in [7, 11) is -0.858. The van der Waals surface area contributed by atoms with E-state index in [2.05, 4.69) is 4.72 Å². The number of sulfonamides is 1. The van der Waals surface area contributed by atoms with E-state index in [0.29, 0.717) is 0 Å². The Balaban J connectivity index is 2.98. The fourth-order valence-electron chi connectivity index (χ4n) is 1.53. The molecular formula is C11H15N3O6S. The van der Waals surface area contributed by atoms with Crippen molar-refractivity contribution >= 4 is 21.7 Å². The fourth-order valence-corrected chi connectivity index (χ4v) is 2.71. The van der Waals surface area contributed by atoms with Gasteiger partial charge in [-0.25, -0.2) is 8.42 Å². The quantitative estimate of drug-likeness (QED) is 0.530. The van der Waals surface area contributed by atoms with Crippen molar-refractivity contribution in [3.63, 3.8) is 0 Å². The number of carboxylic acid groups (broad SMARTS) is 1. The Kier molecular flexibility index (Phi) is 5.35. The Morgan fingerprint density at radius 2 is 1.90 bits per heavy atom. The van der Waals surface area contributed by atoms with Crippen LogP contribution in [0.4, 0.5) is 5.69 Å². The van der Waals surface area contributed by atoms with Gasteiger partial charge in [-0.3, -0.25) is 14.9 Å². The van der Waals surface area contributed by atoms with Gasteiger partial charge < -0.3 is 10.0 Å². The minimum atomic E-state index is -4.07. The van der Waals surface area contributed by atoms with Crippen LogP contribution < -0.4 is 4.72 Å². The highest BCUT2D eigenvalue weighted by molar-refractivity contribution is 7.89. The zero-order chi connectivity index (χ0) is 16.2. The average Bonchev–Trinajstić information content (AvgIpc) is 2.37. The molecule has 1 rings (SSSR count). The molecule has 10 heteroatoms. The van der Waals surface area contributed by atoms with Gasteiger partial charge >= 0.3 is 5.97 Å². The molecule has 0 bridgehead atoms. The predicted molar refractivity (Wildman–Crippen MR) is 73.4 cm³/mol. The van der Waals surface area contributed by atoms with Gasteiger partial charge in [-0.15, -0.1) is 0 Å². The summed E-state index contributed by atoms with van der Waals surface area (Å²) in [4.78, 5) is 22.2. The predicted octanol–water partition coefficient (Wildman–Crippen LogP) is -0.112. The number of likely N-dealkylation sites (N-methyl/N-ethyl adjacent to an activating group) is 1. The van der Waals surface area contributed by atoms with Gasteiger partial charge in [-0.2, -0.15) is 4.72 Å². The summed E-state index contributed by atoms with van der Waals surface area (Å²) >= 11 is 0. The minimum Gasteiger partial charge on any atom is -0.480 e. The summed E-state index contributed by atoms with van der Waals surface area (Å²) in [6, 6.07) is 2.86. The SMILES string of the molecule is CN(C)C[C@H](NS(=O)(=O)c1ccc([N+](=O)[O-])cc1)C(=O)O. The lowest BCUT2D eigenvalue weighted by molar-refractivity contribution is -0.384. The second kappa shape index (κ2) is 6.61. The van der Waals surface area contributed by atoms with Crippen LogP contribution in [-0.2, 0) is 14.8 Å². The van der Waals surface area contributed by atoms with Gasteiger partial charge in [0.25, 0.3) is 5.69 Å². The molecule has 21 heavy (non-hydrogen) atoms. The van der Waals surface area contributed by atoms with E-state index >= 15 is 0 Å². The molecule has 0 saturated carbocycles. The molecule has 9 nitrogen and oxygen atoms in total. The van der Waals surface area contributed by atoms with Gasteiger partial charge in [-0.1, -0.05) is 0 Å². The number of carbonyl (C=O) groups is 1. The third-order valence-corrected chi connectivity index (χ3v) is 3.99. The monoisotopic (exact) mass is 317 g/mol. The highest BCUT2D eigenvalue weighted by Crippen LogP contribution is 2.16. The van der Waals surface area contributed by atoms with Crippen molar-refractivity contribution in [3.05, 3.63) is 34.4 Å². The maximum absolute atomic E-state index is 12.0. The zero-order valence-electron chi connectivity index (χ0n) is 11.4. The summed E-state index contributed by atoms with van der Waals surface area (Å²) in [5.41, 5.74) is -0.253. The summed E-state index contributed by atoms with van der Waals surface area (Å²) in [6.07, 6.45) is 0. The molecule has 1 aromatic carbocycles. The van der Waals surface area contributed by atoms with E-state index < -0.39 is 27.0 Å². The number of non-ortho nitro benzene ring substituents is 1. The molecule has 1 aromatic rings. The van der Waals surface area contributed by atoms with Crippen LogP contribution in [0.3, 0.4) is 0 Å². The van der Waals surface area contributed by atoms with Crippen LogP contribution in [0.5, 0.6) is 0 Å². The van der Waals surface area contributed by atoms with Gasteiger partial charge in [0, 0.05) is 18.7 Å². The van der Waals surface area contributed by atoms with E-state index in [9.17, 15) is 23.3 Å². The van der Waals surface area contributed by atoms with E-state index in [-0.39, 0.29) is 17.1 Å². The number of benzene rings is 1. The molecule has 0 heterocycles. The number of rotatable bonds is 7. The van der Waals surface area contributed by atoms with E-state index in [0.717, 1.165) is 24.3 Å². The number of carboxylic acids is 1. The van der Waals surface area contributed by atoms with Crippen LogP contribution in [-0.4, -0.2) is 56.0 Å². The first-order valence-electron chi connectivity index (χ1n) is 5.78. The van der Waals surface area contributed by atoms with Gasteiger partial charge in [0.15, 0.2) is 0 Å². The number of nitro benzene ring substituents is 1. The molecule has 2 N–H and O–H groups in total. The van der Waals surface area contributed by atoms with Crippen LogP contribution in [0.15, 0.2) is 29.2 Å². The molecule has 0 amide bonds. The highest BCUT2D eigenvalue weighted by atomic mass is 32.2. The Labute approximate surface area is 121 Å². The summed E-state index contributed by atoms with van der Waals surface area (Å²) in [6.45, 7) is -0.0262. The third kappa shape index (κ3) is 4.77. The molecule has 0 unspecified atom stereocenters. The minimum absolute atomic E-state index is 0.0262. The molecule has 0 radical (unpaired) electrons. The first-order chi connectivity index (χ1) is 9.63. The second-order valence-corrected chi connectivity index (χ2v) is 6.24. The largest absolute Gasteiger partial charge is 0.480 e. The van der Waals surface area contributed by atoms with Crippen LogP contribution >= 0.6 is 0 Å². The van der Waals surface area contributed by atoms with Crippen LogP contribution in [0.1, 0.15) is 0 Å². The van der Waals surface area contributed by atoms with Crippen LogP contribution in [0.2, 0.25) is 0 Å². The zero-order valence-corrected chi connectivity index (χ0v) is 12.2. The Morgan fingerprint density at radius 1 is 1.38 bits per heavy atom. The van der Waals surface area contributed by atoms with Crippen molar-refractivity contribution in [3.8, 4) is 0 Å². The molecule has 0 aliphatic carbocycles. The molecule has 0 aromatic heterocycles. The summed E-state index contributed by atoms with van der Waals surface area (Å²) in [5.74, 6) is -1.31. The number of nitrogens with zero attached hydrogens (tertiary/aromatic N) is 2. The number of aliphatic carboxylic acids is 1. The molecular weight excluding hydrogens is 302 g/mol. The molecule has 1 atom stereocenters. The third-order valence-electron chi connectivity index (χ3n) is 2.50. The molecule has 116 valence electrons. The lowest BCUT2D eigenvalue weighted by atomic mass is 10.3. The lowest BCUT2D eigenvalue weighted by Crippen LogP contribution is -2.46. The van der Waals surface area contributed by atoms with Crippen molar-refractivity contribution in [2.45, 2.75) is 10.9 Å².